The zero-order chi connectivity index (χ0) is 20.1. The monoisotopic (exact) mass is 396 g/mol. The molecule has 2 fully saturated rings. The fourth-order valence-corrected chi connectivity index (χ4v) is 4.67. The molecule has 2 aliphatic rings. The number of rotatable bonds is 8. The maximum absolute atomic E-state index is 9.55. The molecule has 2 aliphatic heterocycles. The Morgan fingerprint density at radius 1 is 1.03 bits per heavy atom. The molecule has 5 heteroatoms. The number of aliphatic hydroxyl groups is 1. The summed E-state index contributed by atoms with van der Waals surface area (Å²) in [6.45, 7) is 5.00. The van der Waals surface area contributed by atoms with Crippen LogP contribution in [0.4, 0.5) is 0 Å². The van der Waals surface area contributed by atoms with Gasteiger partial charge >= 0.3 is 0 Å². The second kappa shape index (κ2) is 9.61. The van der Waals surface area contributed by atoms with Crippen LogP contribution in [-0.2, 0) is 13.2 Å². The highest BCUT2D eigenvalue weighted by molar-refractivity contribution is 5.43. The van der Waals surface area contributed by atoms with E-state index < -0.39 is 0 Å². The average Bonchev–Trinajstić information content (AvgIpc) is 3.21. The van der Waals surface area contributed by atoms with Crippen molar-refractivity contribution in [2.45, 2.75) is 44.5 Å². The van der Waals surface area contributed by atoms with E-state index in [1.165, 1.54) is 24.9 Å². The number of hydrogen-bond acceptors (Lipinski definition) is 5. The number of benzene rings is 2. The third-order valence-corrected chi connectivity index (χ3v) is 6.22. The zero-order valence-corrected chi connectivity index (χ0v) is 17.3. The first-order chi connectivity index (χ1) is 14.3. The van der Waals surface area contributed by atoms with Crippen molar-refractivity contribution in [1.29, 1.82) is 0 Å². The fourth-order valence-electron chi connectivity index (χ4n) is 4.67. The Morgan fingerprint density at radius 2 is 1.90 bits per heavy atom. The number of ether oxygens (including phenoxy) is 2. The molecular formula is C24H32N2O3. The maximum atomic E-state index is 9.55. The Bertz CT molecular complexity index is 783. The summed E-state index contributed by atoms with van der Waals surface area (Å²) >= 11 is 0. The first kappa shape index (κ1) is 20.2. The van der Waals surface area contributed by atoms with Gasteiger partial charge in [0.2, 0.25) is 0 Å². The Labute approximate surface area is 173 Å². The van der Waals surface area contributed by atoms with E-state index in [9.17, 15) is 5.11 Å². The number of piperazine rings is 1. The molecule has 0 radical (unpaired) electrons. The second-order valence-corrected chi connectivity index (χ2v) is 8.15. The average molecular weight is 397 g/mol. The molecule has 2 atom stereocenters. The van der Waals surface area contributed by atoms with E-state index in [4.69, 9.17) is 9.47 Å². The Kier molecular flexibility index (Phi) is 6.70. The first-order valence-corrected chi connectivity index (χ1v) is 10.7. The lowest BCUT2D eigenvalue weighted by Gasteiger charge is -2.43. The Morgan fingerprint density at radius 3 is 2.69 bits per heavy atom. The highest BCUT2D eigenvalue weighted by Gasteiger charge is 2.35. The van der Waals surface area contributed by atoms with Crippen LogP contribution in [-0.4, -0.2) is 60.3 Å². The van der Waals surface area contributed by atoms with Crippen molar-refractivity contribution in [3.8, 4) is 11.5 Å². The van der Waals surface area contributed by atoms with Crippen molar-refractivity contribution in [3.63, 3.8) is 0 Å². The maximum Gasteiger partial charge on any atom is 0.161 e. The normalized spacial score (nSPS) is 22.4. The van der Waals surface area contributed by atoms with Gasteiger partial charge in [-0.2, -0.15) is 0 Å². The molecule has 156 valence electrons. The van der Waals surface area contributed by atoms with Crippen LogP contribution in [0.3, 0.4) is 0 Å². The molecule has 29 heavy (non-hydrogen) atoms. The van der Waals surface area contributed by atoms with Gasteiger partial charge in [-0.3, -0.25) is 9.80 Å². The summed E-state index contributed by atoms with van der Waals surface area (Å²) in [5.41, 5.74) is 2.36. The second-order valence-electron chi connectivity index (χ2n) is 8.15. The van der Waals surface area contributed by atoms with Gasteiger partial charge in [0.1, 0.15) is 6.61 Å². The molecule has 0 saturated carbocycles. The highest BCUT2D eigenvalue weighted by atomic mass is 16.5. The summed E-state index contributed by atoms with van der Waals surface area (Å²) in [5.74, 6) is 1.55. The molecule has 1 N–H and O–H groups in total. The Hall–Kier alpha value is -2.08. The zero-order valence-electron chi connectivity index (χ0n) is 17.3. The molecule has 0 aliphatic carbocycles. The topological polar surface area (TPSA) is 45.2 Å². The molecule has 0 spiro atoms. The van der Waals surface area contributed by atoms with E-state index in [0.717, 1.165) is 43.1 Å². The minimum atomic E-state index is 0.244. The minimum Gasteiger partial charge on any atom is -0.493 e. The number of methoxy groups -OCH3 is 1. The molecule has 2 heterocycles. The van der Waals surface area contributed by atoms with Gasteiger partial charge < -0.3 is 14.6 Å². The van der Waals surface area contributed by atoms with Crippen LogP contribution in [0.2, 0.25) is 0 Å². The first-order valence-electron chi connectivity index (χ1n) is 10.7. The van der Waals surface area contributed by atoms with Crippen molar-refractivity contribution in [2.24, 2.45) is 0 Å². The fraction of sp³-hybridized carbons (Fsp3) is 0.500. The van der Waals surface area contributed by atoms with Crippen molar-refractivity contribution >= 4 is 0 Å². The van der Waals surface area contributed by atoms with E-state index in [1.807, 2.05) is 24.3 Å². The number of nitrogens with zero attached hydrogens (tertiary/aromatic N) is 2. The summed E-state index contributed by atoms with van der Waals surface area (Å²) in [6, 6.07) is 17.5. The summed E-state index contributed by atoms with van der Waals surface area (Å²) in [6.07, 6.45) is 3.41. The highest BCUT2D eigenvalue weighted by Crippen LogP contribution is 2.31. The molecule has 0 amide bonds. The SMILES string of the molecule is COc1ccc(CN2CC3CCCN3C[C@@H]2CCO)cc1OCc1ccccc1. The van der Waals surface area contributed by atoms with Crippen LogP contribution in [0, 0.1) is 0 Å². The lowest BCUT2D eigenvalue weighted by Crippen LogP contribution is -2.55. The molecule has 1 unspecified atom stereocenters. The predicted octanol–water partition coefficient (Wildman–Crippen LogP) is 3.31. The van der Waals surface area contributed by atoms with Crippen LogP contribution >= 0.6 is 0 Å². The lowest BCUT2D eigenvalue weighted by molar-refractivity contribution is 0.0333. The number of fused-ring (bicyclic) bond motifs is 1. The third kappa shape index (κ3) is 4.92. The number of hydrogen-bond donors (Lipinski definition) is 1. The van der Waals surface area contributed by atoms with Crippen LogP contribution in [0.5, 0.6) is 11.5 Å². The summed E-state index contributed by atoms with van der Waals surface area (Å²) in [7, 11) is 1.68. The van der Waals surface area contributed by atoms with Crippen LogP contribution in [0.1, 0.15) is 30.4 Å². The summed E-state index contributed by atoms with van der Waals surface area (Å²) in [4.78, 5) is 5.16. The van der Waals surface area contributed by atoms with E-state index in [0.29, 0.717) is 18.7 Å². The Balaban J connectivity index is 1.47. The lowest BCUT2D eigenvalue weighted by atomic mass is 10.0. The van der Waals surface area contributed by atoms with Crippen molar-refractivity contribution in [1.82, 2.24) is 9.80 Å². The molecule has 2 aromatic rings. The van der Waals surface area contributed by atoms with Crippen LogP contribution in [0.15, 0.2) is 48.5 Å². The van der Waals surface area contributed by atoms with Gasteiger partial charge in [0.15, 0.2) is 11.5 Å². The summed E-state index contributed by atoms with van der Waals surface area (Å²) in [5, 5.41) is 9.55. The van der Waals surface area contributed by atoms with E-state index >= 15 is 0 Å². The molecule has 0 aromatic heterocycles. The van der Waals surface area contributed by atoms with Gasteiger partial charge in [-0.1, -0.05) is 36.4 Å². The van der Waals surface area contributed by atoms with E-state index in [2.05, 4.69) is 34.1 Å². The van der Waals surface area contributed by atoms with Crippen LogP contribution in [0.25, 0.3) is 0 Å². The molecule has 2 aromatic carbocycles. The van der Waals surface area contributed by atoms with Gasteiger partial charge in [-0.05, 0) is 49.1 Å². The van der Waals surface area contributed by atoms with Gasteiger partial charge in [0, 0.05) is 38.3 Å². The quantitative estimate of drug-likeness (QED) is 0.742. The van der Waals surface area contributed by atoms with Gasteiger partial charge in [-0.25, -0.2) is 0 Å². The van der Waals surface area contributed by atoms with Gasteiger partial charge in [0.05, 0.1) is 7.11 Å². The predicted molar refractivity (Wildman–Crippen MR) is 114 cm³/mol. The molecule has 4 rings (SSSR count). The molecule has 5 nitrogen and oxygen atoms in total. The van der Waals surface area contributed by atoms with Gasteiger partial charge in [-0.15, -0.1) is 0 Å². The van der Waals surface area contributed by atoms with E-state index in [-0.39, 0.29) is 6.61 Å². The van der Waals surface area contributed by atoms with Gasteiger partial charge in [0.25, 0.3) is 0 Å². The standard InChI is InChI=1S/C24H32N2O3/c1-28-23-10-9-20(14-24(23)29-18-19-6-3-2-4-7-19)15-26-17-21-8-5-12-25(21)16-22(26)11-13-27/h2-4,6-7,9-10,14,21-22,27H,5,8,11-13,15-18H2,1H3/t21?,22-/m0/s1. The van der Waals surface area contributed by atoms with Crippen molar-refractivity contribution in [2.75, 3.05) is 33.4 Å². The molecule has 2 saturated heterocycles. The largest absolute Gasteiger partial charge is 0.493 e. The smallest absolute Gasteiger partial charge is 0.161 e. The van der Waals surface area contributed by atoms with Crippen molar-refractivity contribution < 1.29 is 14.6 Å². The molecule has 0 bridgehead atoms. The van der Waals surface area contributed by atoms with Crippen LogP contribution < -0.4 is 9.47 Å². The van der Waals surface area contributed by atoms with Crippen molar-refractivity contribution in [3.05, 3.63) is 59.7 Å². The van der Waals surface area contributed by atoms with E-state index in [1.54, 1.807) is 7.11 Å². The third-order valence-electron chi connectivity index (χ3n) is 6.22. The molecular weight excluding hydrogens is 364 g/mol. The number of aliphatic hydroxyl groups excluding tert-OH is 1. The summed E-state index contributed by atoms with van der Waals surface area (Å²) < 4.78 is 11.6. The minimum absolute atomic E-state index is 0.244.